The van der Waals surface area contributed by atoms with Crippen LogP contribution in [0.2, 0.25) is 0 Å². The number of rotatable bonds is 6. The Morgan fingerprint density at radius 1 is 1.61 bits per heavy atom. The van der Waals surface area contributed by atoms with E-state index in [9.17, 15) is 4.79 Å². The van der Waals surface area contributed by atoms with Crippen LogP contribution >= 0.6 is 23.1 Å². The van der Waals surface area contributed by atoms with Crippen molar-refractivity contribution in [3.63, 3.8) is 0 Å². The number of carbonyl (C=O) groups is 1. The van der Waals surface area contributed by atoms with Crippen LogP contribution in [0.5, 0.6) is 0 Å². The van der Waals surface area contributed by atoms with Crippen LogP contribution in [-0.2, 0) is 11.2 Å². The van der Waals surface area contributed by atoms with E-state index in [0.717, 1.165) is 27.1 Å². The lowest BCUT2D eigenvalue weighted by molar-refractivity contribution is -0.136. The van der Waals surface area contributed by atoms with Gasteiger partial charge in [-0.1, -0.05) is 11.8 Å². The highest BCUT2D eigenvalue weighted by Crippen LogP contribution is 2.30. The van der Waals surface area contributed by atoms with Crippen molar-refractivity contribution in [1.29, 1.82) is 5.26 Å². The van der Waals surface area contributed by atoms with Gasteiger partial charge in [-0.05, 0) is 27.2 Å². The molecule has 0 aliphatic carbocycles. The first-order valence-corrected chi connectivity index (χ1v) is 7.36. The Morgan fingerprint density at radius 2 is 2.28 bits per heavy atom. The largest absolute Gasteiger partial charge is 0.481 e. The molecule has 4 nitrogen and oxygen atoms in total. The standard InChI is InChI=1S/C12H16N2O2S2/c1-8-9(6-10(15)16)18-11(14-8)17-5-4-12(2,3)7-13/h4-6H2,1-3H3,(H,15,16). The Bertz CT molecular complexity index is 475. The van der Waals surface area contributed by atoms with Gasteiger partial charge in [-0.15, -0.1) is 11.3 Å². The molecule has 0 atom stereocenters. The molecule has 0 fully saturated rings. The molecular formula is C12H16N2O2S2. The summed E-state index contributed by atoms with van der Waals surface area (Å²) in [4.78, 5) is 15.8. The van der Waals surface area contributed by atoms with Gasteiger partial charge in [-0.25, -0.2) is 4.98 Å². The van der Waals surface area contributed by atoms with Crippen molar-refractivity contribution in [2.24, 2.45) is 5.41 Å². The third kappa shape index (κ3) is 4.67. The Kier molecular flexibility index (Phi) is 5.17. The molecule has 1 aromatic heterocycles. The zero-order chi connectivity index (χ0) is 13.8. The summed E-state index contributed by atoms with van der Waals surface area (Å²) in [5, 5.41) is 17.7. The van der Waals surface area contributed by atoms with Crippen molar-refractivity contribution < 1.29 is 9.90 Å². The van der Waals surface area contributed by atoms with Crippen molar-refractivity contribution in [1.82, 2.24) is 4.98 Å². The summed E-state index contributed by atoms with van der Waals surface area (Å²) < 4.78 is 0.887. The van der Waals surface area contributed by atoms with Gasteiger partial charge in [0.25, 0.3) is 0 Å². The summed E-state index contributed by atoms with van der Waals surface area (Å²) in [7, 11) is 0. The van der Waals surface area contributed by atoms with E-state index >= 15 is 0 Å². The number of nitriles is 1. The van der Waals surface area contributed by atoms with Gasteiger partial charge in [-0.2, -0.15) is 5.26 Å². The Hall–Kier alpha value is -1.06. The number of hydrogen-bond acceptors (Lipinski definition) is 5. The minimum absolute atomic E-state index is 0.0355. The maximum Gasteiger partial charge on any atom is 0.308 e. The van der Waals surface area contributed by atoms with Crippen LogP contribution in [0.25, 0.3) is 0 Å². The monoisotopic (exact) mass is 284 g/mol. The third-order valence-corrected chi connectivity index (χ3v) is 4.74. The number of carboxylic acid groups (broad SMARTS) is 1. The molecule has 98 valence electrons. The smallest absolute Gasteiger partial charge is 0.308 e. The molecular weight excluding hydrogens is 268 g/mol. The van der Waals surface area contributed by atoms with Crippen LogP contribution in [0, 0.1) is 23.7 Å². The third-order valence-electron chi connectivity index (χ3n) is 2.44. The fourth-order valence-corrected chi connectivity index (χ4v) is 3.77. The van der Waals surface area contributed by atoms with E-state index < -0.39 is 5.97 Å². The minimum atomic E-state index is -0.830. The van der Waals surface area contributed by atoms with Gasteiger partial charge in [-0.3, -0.25) is 4.79 Å². The molecule has 1 aromatic rings. The first kappa shape index (κ1) is 15.0. The maximum absolute atomic E-state index is 10.7. The number of aliphatic carboxylic acids is 1. The highest BCUT2D eigenvalue weighted by molar-refractivity contribution is 8.01. The Morgan fingerprint density at radius 3 is 2.83 bits per heavy atom. The zero-order valence-electron chi connectivity index (χ0n) is 10.7. The molecule has 0 saturated carbocycles. The fourth-order valence-electron chi connectivity index (χ4n) is 1.21. The second-order valence-electron chi connectivity index (χ2n) is 4.65. The molecule has 0 bridgehead atoms. The quantitative estimate of drug-likeness (QED) is 0.812. The molecule has 6 heteroatoms. The lowest BCUT2D eigenvalue weighted by Gasteiger charge is -2.13. The number of aryl methyl sites for hydroxylation is 1. The van der Waals surface area contributed by atoms with Gasteiger partial charge in [0.05, 0.1) is 23.6 Å². The number of thioether (sulfide) groups is 1. The number of nitrogens with zero attached hydrogens (tertiary/aromatic N) is 2. The number of aromatic nitrogens is 1. The molecule has 0 radical (unpaired) electrons. The van der Waals surface area contributed by atoms with Crippen molar-refractivity contribution in [2.45, 2.75) is 38.0 Å². The average Bonchev–Trinajstić information content (AvgIpc) is 2.58. The van der Waals surface area contributed by atoms with Gasteiger partial charge in [0.2, 0.25) is 0 Å². The van der Waals surface area contributed by atoms with Gasteiger partial charge in [0.1, 0.15) is 4.34 Å². The lowest BCUT2D eigenvalue weighted by atomic mass is 9.93. The molecule has 1 heterocycles. The topological polar surface area (TPSA) is 74.0 Å². The van der Waals surface area contributed by atoms with Crippen molar-refractivity contribution in [2.75, 3.05) is 5.75 Å². The van der Waals surface area contributed by atoms with Crippen LogP contribution in [-0.4, -0.2) is 21.8 Å². The Balaban J connectivity index is 2.54. The van der Waals surface area contributed by atoms with Gasteiger partial charge >= 0.3 is 5.97 Å². The molecule has 0 aliphatic heterocycles. The van der Waals surface area contributed by atoms with Crippen LogP contribution < -0.4 is 0 Å². The predicted octanol–water partition coefficient (Wildman–Crippen LogP) is 3.11. The van der Waals surface area contributed by atoms with Crippen molar-refractivity contribution in [3.8, 4) is 6.07 Å². The molecule has 18 heavy (non-hydrogen) atoms. The van der Waals surface area contributed by atoms with E-state index in [1.54, 1.807) is 11.8 Å². The summed E-state index contributed by atoms with van der Waals surface area (Å²) >= 11 is 3.02. The van der Waals surface area contributed by atoms with Gasteiger partial charge in [0, 0.05) is 10.6 Å². The van der Waals surface area contributed by atoms with E-state index in [1.807, 2.05) is 20.8 Å². The van der Waals surface area contributed by atoms with Crippen LogP contribution in [0.3, 0.4) is 0 Å². The van der Waals surface area contributed by atoms with Gasteiger partial charge < -0.3 is 5.11 Å². The molecule has 1 N–H and O–H groups in total. The van der Waals surface area contributed by atoms with E-state index in [-0.39, 0.29) is 11.8 Å². The predicted molar refractivity (Wildman–Crippen MR) is 72.9 cm³/mol. The summed E-state index contributed by atoms with van der Waals surface area (Å²) in [6.45, 7) is 5.66. The van der Waals surface area contributed by atoms with Crippen molar-refractivity contribution >= 4 is 29.1 Å². The Labute approximate surface area is 115 Å². The molecule has 0 amide bonds. The average molecular weight is 284 g/mol. The molecule has 0 aliphatic rings. The normalized spacial score (nSPS) is 11.2. The second kappa shape index (κ2) is 6.21. The van der Waals surface area contributed by atoms with Gasteiger partial charge in [0.15, 0.2) is 0 Å². The highest BCUT2D eigenvalue weighted by atomic mass is 32.2. The van der Waals surface area contributed by atoms with Crippen molar-refractivity contribution in [3.05, 3.63) is 10.6 Å². The highest BCUT2D eigenvalue weighted by Gasteiger charge is 2.17. The summed E-state index contributed by atoms with van der Waals surface area (Å²) in [5.74, 6) is -0.0102. The molecule has 0 spiro atoms. The molecule has 0 unspecified atom stereocenters. The summed E-state index contributed by atoms with van der Waals surface area (Å²) in [5.41, 5.74) is 0.480. The fraction of sp³-hybridized carbons (Fsp3) is 0.583. The number of hydrogen-bond donors (Lipinski definition) is 1. The number of carboxylic acids is 1. The minimum Gasteiger partial charge on any atom is -0.481 e. The van der Waals surface area contributed by atoms with Crippen LogP contribution in [0.1, 0.15) is 30.8 Å². The number of thiazole rings is 1. The first-order valence-electron chi connectivity index (χ1n) is 5.56. The van der Waals surface area contributed by atoms with Crippen LogP contribution in [0.4, 0.5) is 0 Å². The van der Waals surface area contributed by atoms with E-state index in [0.29, 0.717) is 0 Å². The molecule has 0 aromatic carbocycles. The summed E-state index contributed by atoms with van der Waals surface area (Å²) in [6, 6.07) is 2.26. The lowest BCUT2D eigenvalue weighted by Crippen LogP contribution is -2.08. The maximum atomic E-state index is 10.7. The zero-order valence-corrected chi connectivity index (χ0v) is 12.3. The first-order chi connectivity index (χ1) is 8.34. The summed E-state index contributed by atoms with van der Waals surface area (Å²) in [6.07, 6.45) is 0.828. The van der Waals surface area contributed by atoms with E-state index in [2.05, 4.69) is 11.1 Å². The van der Waals surface area contributed by atoms with Crippen LogP contribution in [0.15, 0.2) is 4.34 Å². The second-order valence-corrected chi connectivity index (χ2v) is 7.08. The van der Waals surface area contributed by atoms with E-state index in [1.165, 1.54) is 11.3 Å². The molecule has 1 rings (SSSR count). The molecule has 0 saturated heterocycles. The van der Waals surface area contributed by atoms with E-state index in [4.69, 9.17) is 10.4 Å². The SMILES string of the molecule is Cc1nc(SCCC(C)(C)C#N)sc1CC(=O)O.